The molecule has 20 heavy (non-hydrogen) atoms. The molecule has 2 aliphatic heterocycles. The second-order valence-corrected chi connectivity index (χ2v) is 5.94. The largest absolute Gasteiger partial charge is 0.329 e. The van der Waals surface area contributed by atoms with Gasteiger partial charge in [-0.2, -0.15) is 0 Å². The molecule has 0 aromatic heterocycles. The summed E-state index contributed by atoms with van der Waals surface area (Å²) in [5, 5.41) is 0. The zero-order valence-electron chi connectivity index (χ0n) is 12.7. The van der Waals surface area contributed by atoms with E-state index in [-0.39, 0.29) is 29.8 Å². The quantitative estimate of drug-likeness (QED) is 0.735. The highest BCUT2D eigenvalue weighted by atomic mass is 16.2. The van der Waals surface area contributed by atoms with Crippen LogP contribution in [0, 0.1) is 17.8 Å². The third-order valence-electron chi connectivity index (χ3n) is 4.23. The van der Waals surface area contributed by atoms with E-state index in [2.05, 4.69) is 11.8 Å². The molecule has 2 amide bonds. The van der Waals surface area contributed by atoms with E-state index in [1.165, 1.54) is 0 Å². The van der Waals surface area contributed by atoms with E-state index in [1.807, 2.05) is 18.7 Å². The fourth-order valence-corrected chi connectivity index (χ4v) is 3.28. The Bertz CT molecular complexity index is 447. The van der Waals surface area contributed by atoms with Gasteiger partial charge in [-0.15, -0.1) is 11.8 Å². The minimum absolute atomic E-state index is 0.126. The van der Waals surface area contributed by atoms with Gasteiger partial charge >= 0.3 is 0 Å². The van der Waals surface area contributed by atoms with Crippen LogP contribution in [0.5, 0.6) is 0 Å². The fraction of sp³-hybridized carbons (Fsp3) is 0.750. The number of piperazine rings is 1. The average molecular weight is 276 g/mol. The van der Waals surface area contributed by atoms with Crippen LogP contribution in [0.15, 0.2) is 0 Å². The number of hydrogen-bond acceptors (Lipinski definition) is 2. The summed E-state index contributed by atoms with van der Waals surface area (Å²) < 4.78 is 0. The predicted octanol–water partition coefficient (Wildman–Crippen LogP) is 1.65. The van der Waals surface area contributed by atoms with E-state index in [9.17, 15) is 9.59 Å². The molecule has 2 rings (SSSR count). The third kappa shape index (κ3) is 2.67. The molecule has 4 heteroatoms. The van der Waals surface area contributed by atoms with Gasteiger partial charge in [-0.05, 0) is 32.1 Å². The topological polar surface area (TPSA) is 40.6 Å². The maximum Gasteiger partial charge on any atom is 0.246 e. The highest BCUT2D eigenvalue weighted by Gasteiger charge is 2.47. The van der Waals surface area contributed by atoms with Gasteiger partial charge in [0.25, 0.3) is 0 Å². The molecule has 2 aliphatic rings. The molecule has 0 aliphatic carbocycles. The first-order valence-electron chi connectivity index (χ1n) is 7.58. The molecular formula is C16H24N2O2. The van der Waals surface area contributed by atoms with Gasteiger partial charge in [0.1, 0.15) is 12.1 Å². The van der Waals surface area contributed by atoms with Crippen molar-refractivity contribution in [2.24, 2.45) is 5.92 Å². The molecule has 110 valence electrons. The maximum absolute atomic E-state index is 12.7. The van der Waals surface area contributed by atoms with Crippen LogP contribution >= 0.6 is 0 Å². The smallest absolute Gasteiger partial charge is 0.246 e. The molecule has 0 aromatic carbocycles. The summed E-state index contributed by atoms with van der Waals surface area (Å²) in [6, 6.07) is -0.531. The first-order valence-corrected chi connectivity index (χ1v) is 7.58. The van der Waals surface area contributed by atoms with Crippen molar-refractivity contribution in [3.05, 3.63) is 0 Å². The number of carbonyl (C=O) groups excluding carboxylic acids is 2. The Balaban J connectivity index is 2.23. The molecule has 0 radical (unpaired) electrons. The van der Waals surface area contributed by atoms with Crippen LogP contribution in [0.25, 0.3) is 0 Å². The molecule has 0 spiro atoms. The summed E-state index contributed by atoms with van der Waals surface area (Å²) in [5.74, 6) is 6.25. The van der Waals surface area contributed by atoms with E-state index in [0.29, 0.717) is 13.0 Å². The van der Waals surface area contributed by atoms with Crippen LogP contribution in [0.3, 0.4) is 0 Å². The van der Waals surface area contributed by atoms with Crippen molar-refractivity contribution in [1.29, 1.82) is 0 Å². The van der Waals surface area contributed by atoms with Gasteiger partial charge in [0.15, 0.2) is 0 Å². The van der Waals surface area contributed by atoms with Gasteiger partial charge in [-0.25, -0.2) is 0 Å². The normalized spacial score (nSPS) is 26.4. The Morgan fingerprint density at radius 3 is 2.65 bits per heavy atom. The van der Waals surface area contributed by atoms with Crippen LogP contribution in [0.2, 0.25) is 0 Å². The SMILES string of the molecule is CC#CCCN1C(=O)C2CCCCN2C(=O)C1C(C)C. The lowest BCUT2D eigenvalue weighted by Crippen LogP contribution is -2.67. The van der Waals surface area contributed by atoms with Crippen molar-refractivity contribution in [2.45, 2.75) is 58.5 Å². The van der Waals surface area contributed by atoms with Gasteiger partial charge in [-0.1, -0.05) is 13.8 Å². The molecule has 2 fully saturated rings. The molecule has 2 heterocycles. The summed E-state index contributed by atoms with van der Waals surface area (Å²) in [7, 11) is 0. The zero-order chi connectivity index (χ0) is 14.7. The van der Waals surface area contributed by atoms with Crippen LogP contribution in [-0.4, -0.2) is 46.8 Å². The lowest BCUT2D eigenvalue weighted by molar-refractivity contribution is -0.165. The molecule has 0 N–H and O–H groups in total. The number of carbonyl (C=O) groups is 2. The molecule has 0 saturated carbocycles. The summed E-state index contributed by atoms with van der Waals surface area (Å²) in [5.41, 5.74) is 0. The van der Waals surface area contributed by atoms with Gasteiger partial charge in [-0.3, -0.25) is 9.59 Å². The molecule has 0 bridgehead atoms. The monoisotopic (exact) mass is 276 g/mol. The van der Waals surface area contributed by atoms with Crippen molar-refractivity contribution in [2.75, 3.05) is 13.1 Å². The van der Waals surface area contributed by atoms with Gasteiger partial charge < -0.3 is 9.80 Å². The summed E-state index contributed by atoms with van der Waals surface area (Å²) in [6.45, 7) is 7.13. The standard InChI is InChI=1S/C16H24N2O2/c1-4-5-7-11-18-14(12(2)3)16(20)17-10-8-6-9-13(17)15(18)19/h12-14H,6-11H2,1-3H3. The number of piperidine rings is 1. The summed E-state index contributed by atoms with van der Waals surface area (Å²) in [4.78, 5) is 29.0. The van der Waals surface area contributed by atoms with Crippen molar-refractivity contribution >= 4 is 11.8 Å². The van der Waals surface area contributed by atoms with E-state index in [0.717, 1.165) is 25.8 Å². The second kappa shape index (κ2) is 6.30. The van der Waals surface area contributed by atoms with E-state index in [4.69, 9.17) is 0 Å². The Kier molecular flexibility index (Phi) is 4.69. The van der Waals surface area contributed by atoms with Crippen molar-refractivity contribution < 1.29 is 9.59 Å². The third-order valence-corrected chi connectivity index (χ3v) is 4.23. The van der Waals surface area contributed by atoms with Crippen LogP contribution in [0.4, 0.5) is 0 Å². The lowest BCUT2D eigenvalue weighted by Gasteiger charge is -2.48. The van der Waals surface area contributed by atoms with E-state index < -0.39 is 0 Å². The molecule has 2 atom stereocenters. The molecular weight excluding hydrogens is 252 g/mol. The number of nitrogens with zero attached hydrogens (tertiary/aromatic N) is 2. The zero-order valence-corrected chi connectivity index (χ0v) is 12.7. The van der Waals surface area contributed by atoms with E-state index >= 15 is 0 Å². The number of fused-ring (bicyclic) bond motifs is 1. The van der Waals surface area contributed by atoms with E-state index in [1.54, 1.807) is 11.8 Å². The minimum Gasteiger partial charge on any atom is -0.329 e. The lowest BCUT2D eigenvalue weighted by atomic mass is 9.90. The van der Waals surface area contributed by atoms with Gasteiger partial charge in [0.05, 0.1) is 0 Å². The first kappa shape index (κ1) is 14.9. The Labute approximate surface area is 121 Å². The van der Waals surface area contributed by atoms with Crippen molar-refractivity contribution in [3.63, 3.8) is 0 Å². The van der Waals surface area contributed by atoms with Gasteiger partial charge in [0, 0.05) is 19.5 Å². The van der Waals surface area contributed by atoms with Crippen LogP contribution < -0.4 is 0 Å². The van der Waals surface area contributed by atoms with Crippen LogP contribution in [0.1, 0.15) is 46.5 Å². The minimum atomic E-state index is -0.310. The summed E-state index contributed by atoms with van der Waals surface area (Å²) >= 11 is 0. The highest BCUT2D eigenvalue weighted by Crippen LogP contribution is 2.29. The Hall–Kier alpha value is -1.50. The second-order valence-electron chi connectivity index (χ2n) is 5.94. The first-order chi connectivity index (χ1) is 9.57. The van der Waals surface area contributed by atoms with Crippen molar-refractivity contribution in [3.8, 4) is 11.8 Å². The highest BCUT2D eigenvalue weighted by molar-refractivity contribution is 5.97. The molecule has 2 saturated heterocycles. The number of rotatable bonds is 3. The Morgan fingerprint density at radius 2 is 2.00 bits per heavy atom. The number of amides is 2. The number of hydrogen-bond donors (Lipinski definition) is 0. The van der Waals surface area contributed by atoms with Crippen molar-refractivity contribution in [1.82, 2.24) is 9.80 Å². The predicted molar refractivity (Wildman–Crippen MR) is 77.8 cm³/mol. The molecule has 4 nitrogen and oxygen atoms in total. The van der Waals surface area contributed by atoms with Crippen LogP contribution in [-0.2, 0) is 9.59 Å². The average Bonchev–Trinajstić information content (AvgIpc) is 2.44. The molecule has 0 aromatic rings. The Morgan fingerprint density at radius 1 is 1.25 bits per heavy atom. The maximum atomic E-state index is 12.7. The summed E-state index contributed by atoms with van der Waals surface area (Å²) in [6.07, 6.45) is 3.51. The fourth-order valence-electron chi connectivity index (χ4n) is 3.28. The van der Waals surface area contributed by atoms with Gasteiger partial charge in [0.2, 0.25) is 11.8 Å². The molecule has 2 unspecified atom stereocenters.